The molecular weight excluding hydrogens is 334 g/mol. The molecule has 0 bridgehead atoms. The van der Waals surface area contributed by atoms with Crippen molar-refractivity contribution in [3.63, 3.8) is 0 Å². The van der Waals surface area contributed by atoms with Crippen LogP contribution in [-0.4, -0.2) is 21.9 Å². The van der Waals surface area contributed by atoms with E-state index in [4.69, 9.17) is 4.84 Å². The molecule has 3 aromatic rings. The number of oxime groups is 1. The highest BCUT2D eigenvalue weighted by Gasteiger charge is 2.18. The van der Waals surface area contributed by atoms with Gasteiger partial charge in [-0.2, -0.15) is 0 Å². The third-order valence-electron chi connectivity index (χ3n) is 4.18. The van der Waals surface area contributed by atoms with Crippen LogP contribution in [0.3, 0.4) is 0 Å². The van der Waals surface area contributed by atoms with Gasteiger partial charge in [-0.3, -0.25) is 0 Å². The fourth-order valence-corrected chi connectivity index (χ4v) is 2.83. The predicted octanol–water partition coefficient (Wildman–Crippen LogP) is 4.67. The molecule has 0 aliphatic carbocycles. The van der Waals surface area contributed by atoms with Gasteiger partial charge in [0.2, 0.25) is 0 Å². The minimum Gasteiger partial charge on any atom is -0.396 e. The first-order valence-electron chi connectivity index (χ1n) is 9.16. The Labute approximate surface area is 160 Å². The van der Waals surface area contributed by atoms with E-state index in [2.05, 4.69) is 33.5 Å². The van der Waals surface area contributed by atoms with Crippen molar-refractivity contribution in [3.8, 4) is 11.8 Å². The highest BCUT2D eigenvalue weighted by Crippen LogP contribution is 2.20. The quantitative estimate of drug-likeness (QED) is 0.365. The zero-order valence-corrected chi connectivity index (χ0v) is 15.7. The SMILES string of the molecule is CCO/N=C(/c1ccc(C#Cc2ccccc2)cc1)C(CC)n1ccnc1. The third-order valence-corrected chi connectivity index (χ3v) is 4.18. The molecule has 1 unspecified atom stereocenters. The third kappa shape index (κ3) is 4.86. The van der Waals surface area contributed by atoms with Crippen molar-refractivity contribution < 1.29 is 4.84 Å². The van der Waals surface area contributed by atoms with E-state index < -0.39 is 0 Å². The van der Waals surface area contributed by atoms with Crippen LogP contribution in [0.4, 0.5) is 0 Å². The molecule has 0 fully saturated rings. The molecule has 0 saturated heterocycles. The van der Waals surface area contributed by atoms with Crippen molar-refractivity contribution in [1.82, 2.24) is 9.55 Å². The molecule has 0 radical (unpaired) electrons. The Kier molecular flexibility index (Phi) is 6.43. The van der Waals surface area contributed by atoms with E-state index in [9.17, 15) is 0 Å². The van der Waals surface area contributed by atoms with E-state index in [0.717, 1.165) is 28.8 Å². The number of aromatic nitrogens is 2. The van der Waals surface area contributed by atoms with Gasteiger partial charge in [0.25, 0.3) is 0 Å². The summed E-state index contributed by atoms with van der Waals surface area (Å²) in [7, 11) is 0. The van der Waals surface area contributed by atoms with E-state index in [-0.39, 0.29) is 6.04 Å². The molecule has 3 rings (SSSR count). The molecule has 2 aromatic carbocycles. The molecule has 136 valence electrons. The molecule has 0 saturated carbocycles. The molecule has 4 heteroatoms. The van der Waals surface area contributed by atoms with Crippen LogP contribution < -0.4 is 0 Å². The van der Waals surface area contributed by atoms with Gasteiger partial charge in [-0.05, 0) is 37.6 Å². The van der Waals surface area contributed by atoms with Crippen LogP contribution >= 0.6 is 0 Å². The minimum atomic E-state index is 0.0697. The lowest BCUT2D eigenvalue weighted by Crippen LogP contribution is -2.19. The average molecular weight is 357 g/mol. The lowest BCUT2D eigenvalue weighted by atomic mass is 10.00. The Bertz CT molecular complexity index is 917. The van der Waals surface area contributed by atoms with Crippen molar-refractivity contribution in [1.29, 1.82) is 0 Å². The van der Waals surface area contributed by atoms with Crippen molar-refractivity contribution in [2.75, 3.05) is 6.61 Å². The number of hydrogen-bond donors (Lipinski definition) is 0. The second kappa shape index (κ2) is 9.40. The molecule has 4 nitrogen and oxygen atoms in total. The Morgan fingerprint density at radius 1 is 1.04 bits per heavy atom. The summed E-state index contributed by atoms with van der Waals surface area (Å²) in [5, 5.41) is 4.39. The lowest BCUT2D eigenvalue weighted by molar-refractivity contribution is 0.157. The molecule has 1 heterocycles. The summed E-state index contributed by atoms with van der Waals surface area (Å²) in [5.74, 6) is 6.39. The van der Waals surface area contributed by atoms with Crippen molar-refractivity contribution in [2.24, 2.45) is 5.16 Å². The zero-order chi connectivity index (χ0) is 18.9. The van der Waals surface area contributed by atoms with E-state index in [1.54, 1.807) is 6.20 Å². The molecule has 1 atom stereocenters. The van der Waals surface area contributed by atoms with Crippen LogP contribution in [0, 0.1) is 11.8 Å². The van der Waals surface area contributed by atoms with E-state index in [1.807, 2.05) is 74.0 Å². The number of hydrogen-bond acceptors (Lipinski definition) is 3. The standard InChI is InChI=1S/C23H23N3O/c1-3-22(26-17-16-24-18-26)23(25-27-4-2)21-14-12-20(13-15-21)11-10-19-8-6-5-7-9-19/h5-9,12-18,22H,3-4H2,1-2H3/b25-23-. The summed E-state index contributed by atoms with van der Waals surface area (Å²) < 4.78 is 2.06. The van der Waals surface area contributed by atoms with Gasteiger partial charge < -0.3 is 9.40 Å². The fraction of sp³-hybridized carbons (Fsp3) is 0.217. The summed E-state index contributed by atoms with van der Waals surface area (Å²) in [6.07, 6.45) is 6.44. The summed E-state index contributed by atoms with van der Waals surface area (Å²) in [5.41, 5.74) is 3.88. The Morgan fingerprint density at radius 2 is 1.74 bits per heavy atom. The zero-order valence-electron chi connectivity index (χ0n) is 15.7. The van der Waals surface area contributed by atoms with Crippen LogP contribution in [0.5, 0.6) is 0 Å². The first-order valence-corrected chi connectivity index (χ1v) is 9.16. The Morgan fingerprint density at radius 3 is 2.33 bits per heavy atom. The van der Waals surface area contributed by atoms with Gasteiger partial charge in [-0.15, -0.1) is 0 Å². The predicted molar refractivity (Wildman–Crippen MR) is 109 cm³/mol. The highest BCUT2D eigenvalue weighted by atomic mass is 16.6. The lowest BCUT2D eigenvalue weighted by Gasteiger charge is -2.19. The molecular formula is C23H23N3O. The molecule has 0 spiro atoms. The Balaban J connectivity index is 1.86. The summed E-state index contributed by atoms with van der Waals surface area (Å²) >= 11 is 0. The summed E-state index contributed by atoms with van der Waals surface area (Å²) in [6.45, 7) is 4.60. The van der Waals surface area contributed by atoms with Crippen molar-refractivity contribution >= 4 is 5.71 Å². The maximum Gasteiger partial charge on any atom is 0.114 e. The molecule has 0 N–H and O–H groups in total. The van der Waals surface area contributed by atoms with Crippen LogP contribution in [0.15, 0.2) is 78.5 Å². The van der Waals surface area contributed by atoms with Crippen molar-refractivity contribution in [2.45, 2.75) is 26.3 Å². The average Bonchev–Trinajstić information content (AvgIpc) is 3.25. The van der Waals surface area contributed by atoms with Gasteiger partial charge in [0.05, 0.1) is 12.4 Å². The van der Waals surface area contributed by atoms with Crippen molar-refractivity contribution in [3.05, 3.63) is 90.0 Å². The summed E-state index contributed by atoms with van der Waals surface area (Å²) in [6, 6.07) is 18.2. The van der Waals surface area contributed by atoms with Crippen LogP contribution in [-0.2, 0) is 4.84 Å². The monoisotopic (exact) mass is 357 g/mol. The van der Waals surface area contributed by atoms with E-state index >= 15 is 0 Å². The number of benzene rings is 2. The smallest absolute Gasteiger partial charge is 0.114 e. The van der Waals surface area contributed by atoms with Gasteiger partial charge in [-0.1, -0.05) is 54.3 Å². The maximum absolute atomic E-state index is 5.39. The topological polar surface area (TPSA) is 39.4 Å². The number of rotatable bonds is 6. The second-order valence-corrected chi connectivity index (χ2v) is 6.02. The van der Waals surface area contributed by atoms with Crippen LogP contribution in [0.25, 0.3) is 0 Å². The van der Waals surface area contributed by atoms with Gasteiger partial charge in [0.1, 0.15) is 12.3 Å². The number of imidazole rings is 1. The largest absolute Gasteiger partial charge is 0.396 e. The fourth-order valence-electron chi connectivity index (χ4n) is 2.83. The maximum atomic E-state index is 5.39. The second-order valence-electron chi connectivity index (χ2n) is 6.02. The minimum absolute atomic E-state index is 0.0697. The van der Waals surface area contributed by atoms with Crippen LogP contribution in [0.1, 0.15) is 43.0 Å². The molecule has 0 aliphatic heterocycles. The van der Waals surface area contributed by atoms with Gasteiger partial charge >= 0.3 is 0 Å². The van der Waals surface area contributed by atoms with Crippen LogP contribution in [0.2, 0.25) is 0 Å². The molecule has 1 aromatic heterocycles. The van der Waals surface area contributed by atoms with E-state index in [0.29, 0.717) is 6.61 Å². The Hall–Kier alpha value is -3.32. The van der Waals surface area contributed by atoms with Gasteiger partial charge in [0, 0.05) is 29.1 Å². The molecule has 27 heavy (non-hydrogen) atoms. The first kappa shape index (κ1) is 18.5. The molecule has 0 amide bonds. The number of nitrogens with zero attached hydrogens (tertiary/aromatic N) is 3. The van der Waals surface area contributed by atoms with Gasteiger partial charge in [-0.25, -0.2) is 4.98 Å². The molecule has 0 aliphatic rings. The van der Waals surface area contributed by atoms with Gasteiger partial charge in [0.15, 0.2) is 0 Å². The first-order chi connectivity index (χ1) is 13.3. The normalized spacial score (nSPS) is 12.1. The van der Waals surface area contributed by atoms with E-state index in [1.165, 1.54) is 0 Å². The highest BCUT2D eigenvalue weighted by molar-refractivity contribution is 6.03. The summed E-state index contributed by atoms with van der Waals surface area (Å²) in [4.78, 5) is 9.56.